The molecule has 1 rings (SSSR count). The Bertz CT molecular complexity index is 473. The van der Waals surface area contributed by atoms with Gasteiger partial charge in [-0.25, -0.2) is 0 Å². The van der Waals surface area contributed by atoms with Crippen LogP contribution in [0.4, 0.5) is 0 Å². The second-order valence-electron chi connectivity index (χ2n) is 12.2. The highest BCUT2D eigenvalue weighted by Crippen LogP contribution is 2.33. The quantitative estimate of drug-likeness (QED) is 0.398. The van der Waals surface area contributed by atoms with E-state index in [2.05, 4.69) is 131 Å². The molecule has 0 bridgehead atoms. The molecule has 0 unspecified atom stereocenters. The van der Waals surface area contributed by atoms with E-state index in [0.717, 1.165) is 0 Å². The van der Waals surface area contributed by atoms with Crippen molar-refractivity contribution in [2.45, 2.75) is 108 Å². The molecule has 0 spiro atoms. The van der Waals surface area contributed by atoms with E-state index in [9.17, 15) is 0 Å². The summed E-state index contributed by atoms with van der Waals surface area (Å²) < 4.78 is 1.22. The number of halogens is 1. The van der Waals surface area contributed by atoms with Crippen LogP contribution in [0.5, 0.6) is 0 Å². The Kier molecular flexibility index (Phi) is 10.3. The normalized spacial score (nSPS) is 12.6. The molecule has 0 heterocycles. The molecule has 1 heteroatoms. The van der Waals surface area contributed by atoms with Gasteiger partial charge >= 0.3 is 0 Å². The van der Waals surface area contributed by atoms with Gasteiger partial charge in [-0.15, -0.1) is 0 Å². The van der Waals surface area contributed by atoms with Gasteiger partial charge in [0.25, 0.3) is 0 Å². The molecule has 0 aliphatic carbocycles. The van der Waals surface area contributed by atoms with Gasteiger partial charge in [0.1, 0.15) is 0 Å². The van der Waals surface area contributed by atoms with E-state index in [1.165, 1.54) is 15.6 Å². The van der Waals surface area contributed by atoms with Crippen molar-refractivity contribution >= 4 is 15.9 Å². The second kappa shape index (κ2) is 9.58. The van der Waals surface area contributed by atoms with Crippen LogP contribution in [-0.2, 0) is 10.8 Å². The number of rotatable bonds is 0. The van der Waals surface area contributed by atoms with E-state index in [1.54, 1.807) is 0 Å². The summed E-state index contributed by atoms with van der Waals surface area (Å²) in [5.74, 6) is 0. The molecule has 0 radical (unpaired) electrons. The fraction of sp³-hybridized carbons (Fsp3) is 0.750. The van der Waals surface area contributed by atoms with Crippen LogP contribution in [0.25, 0.3) is 0 Å². The van der Waals surface area contributed by atoms with Crippen molar-refractivity contribution in [2.75, 3.05) is 0 Å². The van der Waals surface area contributed by atoms with E-state index < -0.39 is 0 Å². The molecule has 148 valence electrons. The van der Waals surface area contributed by atoms with Crippen molar-refractivity contribution in [1.29, 1.82) is 0 Å². The number of hydrogen-bond donors (Lipinski definition) is 0. The lowest BCUT2D eigenvalue weighted by Crippen LogP contribution is -2.15. The van der Waals surface area contributed by atoms with Gasteiger partial charge < -0.3 is 0 Å². The summed E-state index contributed by atoms with van der Waals surface area (Å²) in [5, 5.41) is 0. The fourth-order valence-corrected chi connectivity index (χ4v) is 2.56. The average Bonchev–Trinajstić information content (AvgIpc) is 2.20. The largest absolute Gasteiger partial charge is 0.0604 e. The summed E-state index contributed by atoms with van der Waals surface area (Å²) in [6.07, 6.45) is 0. The van der Waals surface area contributed by atoms with Crippen molar-refractivity contribution in [3.8, 4) is 0 Å². The third-order valence-electron chi connectivity index (χ3n) is 2.64. The van der Waals surface area contributed by atoms with Crippen LogP contribution >= 0.6 is 15.9 Å². The zero-order valence-corrected chi connectivity index (χ0v) is 21.2. The summed E-state index contributed by atoms with van der Waals surface area (Å²) >= 11 is 3.68. The van der Waals surface area contributed by atoms with Crippen molar-refractivity contribution in [3.05, 3.63) is 33.8 Å². The van der Waals surface area contributed by atoms with Gasteiger partial charge in [0.15, 0.2) is 0 Å². The Morgan fingerprint density at radius 3 is 1.08 bits per heavy atom. The molecular weight excluding hydrogens is 368 g/mol. The van der Waals surface area contributed by atoms with Crippen molar-refractivity contribution in [1.82, 2.24) is 0 Å². The first-order valence-electron chi connectivity index (χ1n) is 9.43. The predicted octanol–water partition coefficient (Wildman–Crippen LogP) is 9.15. The molecule has 0 amide bonds. The molecule has 0 aliphatic heterocycles. The van der Waals surface area contributed by atoms with Gasteiger partial charge in [0.2, 0.25) is 0 Å². The van der Waals surface area contributed by atoms with Gasteiger partial charge in [-0.2, -0.15) is 0 Å². The lowest BCUT2D eigenvalue weighted by molar-refractivity contribution is 0.469. The molecule has 1 aromatic rings. The third kappa shape index (κ3) is 18.3. The van der Waals surface area contributed by atoms with Gasteiger partial charge in [-0.05, 0) is 38.9 Å². The topological polar surface area (TPSA) is 0 Å². The fourth-order valence-electron chi connectivity index (χ4n) is 1.59. The Hall–Kier alpha value is -0.300. The summed E-state index contributed by atoms with van der Waals surface area (Å²) in [6, 6.07) is 6.73. The van der Waals surface area contributed by atoms with E-state index >= 15 is 0 Å². The van der Waals surface area contributed by atoms with E-state index in [0.29, 0.717) is 10.8 Å². The van der Waals surface area contributed by atoms with Crippen LogP contribution in [-0.4, -0.2) is 0 Å². The first kappa shape index (κ1) is 26.9. The molecule has 0 atom stereocenters. The van der Waals surface area contributed by atoms with E-state index in [1.807, 2.05) is 0 Å². The molecule has 25 heavy (non-hydrogen) atoms. The van der Waals surface area contributed by atoms with Gasteiger partial charge in [-0.3, -0.25) is 0 Å². The van der Waals surface area contributed by atoms with Crippen molar-refractivity contribution in [3.63, 3.8) is 0 Å². The zero-order valence-electron chi connectivity index (χ0n) is 19.6. The summed E-state index contributed by atoms with van der Waals surface area (Å²) in [4.78, 5) is 0. The third-order valence-corrected chi connectivity index (χ3v) is 3.30. The van der Waals surface area contributed by atoms with E-state index in [4.69, 9.17) is 0 Å². The summed E-state index contributed by atoms with van der Waals surface area (Å²) in [5.41, 5.74) is 4.17. The smallest absolute Gasteiger partial charge is 0.0215 e. The van der Waals surface area contributed by atoms with Crippen LogP contribution in [0.1, 0.15) is 108 Å². The van der Waals surface area contributed by atoms with Crippen LogP contribution in [0.2, 0.25) is 0 Å². The van der Waals surface area contributed by atoms with Gasteiger partial charge in [0.05, 0.1) is 0 Å². The molecule has 0 nitrogen and oxygen atoms in total. The lowest BCUT2D eigenvalue weighted by atomic mass is 9.82. The van der Waals surface area contributed by atoms with Crippen LogP contribution in [0, 0.1) is 10.8 Å². The monoisotopic (exact) mass is 412 g/mol. The zero-order chi connectivity index (χ0) is 20.9. The molecule has 0 fully saturated rings. The Morgan fingerprint density at radius 1 is 0.560 bits per heavy atom. The highest BCUT2D eigenvalue weighted by Gasteiger charge is 2.20. The average molecular weight is 414 g/mol. The van der Waals surface area contributed by atoms with Crippen LogP contribution in [0.3, 0.4) is 0 Å². The maximum atomic E-state index is 3.68. The van der Waals surface area contributed by atoms with Crippen molar-refractivity contribution < 1.29 is 0 Å². The molecule has 0 N–H and O–H groups in total. The minimum absolute atomic E-state index is 0.204. The number of benzene rings is 1. The predicted molar refractivity (Wildman–Crippen MR) is 122 cm³/mol. The van der Waals surface area contributed by atoms with Crippen molar-refractivity contribution in [2.24, 2.45) is 10.8 Å². The highest BCUT2D eigenvalue weighted by molar-refractivity contribution is 9.10. The second-order valence-corrected chi connectivity index (χ2v) is 13.0. The molecule has 1 aromatic carbocycles. The maximum Gasteiger partial charge on any atom is 0.0215 e. The van der Waals surface area contributed by atoms with Crippen LogP contribution in [0.15, 0.2) is 22.7 Å². The Morgan fingerprint density at radius 2 is 0.880 bits per heavy atom. The van der Waals surface area contributed by atoms with Gasteiger partial charge in [0, 0.05) is 4.47 Å². The SMILES string of the molecule is CC(C)(C)C.CC(C)(C)C.CC(C)(C)c1ccc(C(C)(C)C)c(Br)c1. The summed E-state index contributed by atoms with van der Waals surface area (Å²) in [6.45, 7) is 30.9. The minimum atomic E-state index is 0.204. The van der Waals surface area contributed by atoms with E-state index in [-0.39, 0.29) is 10.8 Å². The molecule has 0 aliphatic rings. The number of hydrogen-bond acceptors (Lipinski definition) is 0. The highest BCUT2D eigenvalue weighted by atomic mass is 79.9. The molecular formula is C24H45Br. The van der Waals surface area contributed by atoms with Crippen LogP contribution < -0.4 is 0 Å². The van der Waals surface area contributed by atoms with Gasteiger partial charge in [-0.1, -0.05) is 125 Å². The Balaban J connectivity index is 0. The molecule has 0 saturated carbocycles. The minimum Gasteiger partial charge on any atom is -0.0604 e. The maximum absolute atomic E-state index is 3.68. The first-order valence-corrected chi connectivity index (χ1v) is 10.2. The Labute approximate surface area is 168 Å². The molecule has 0 saturated heterocycles. The lowest BCUT2D eigenvalue weighted by Gasteiger charge is -2.24. The standard InChI is InChI=1S/C14H21Br.2C5H12/c1-13(2,3)10-7-8-11(12(15)9-10)14(4,5)6;2*1-5(2,3)4/h7-9H,1-6H3;2*1-4H3. The summed E-state index contributed by atoms with van der Waals surface area (Å²) in [7, 11) is 0. The molecule has 0 aromatic heterocycles. The first-order chi connectivity index (χ1) is 10.6.